The van der Waals surface area contributed by atoms with Gasteiger partial charge in [-0.15, -0.1) is 0 Å². The fourth-order valence-electron chi connectivity index (χ4n) is 1.77. The summed E-state index contributed by atoms with van der Waals surface area (Å²) in [4.78, 5) is 22.6. The molecule has 0 radical (unpaired) electrons. The van der Waals surface area contributed by atoms with Crippen molar-refractivity contribution in [3.05, 3.63) is 12.3 Å². The lowest BCUT2D eigenvalue weighted by Gasteiger charge is -2.34. The Morgan fingerprint density at radius 1 is 1.35 bits per heavy atom. The van der Waals surface area contributed by atoms with Gasteiger partial charge in [-0.1, -0.05) is 13.3 Å². The van der Waals surface area contributed by atoms with Crippen LogP contribution in [0.3, 0.4) is 0 Å². The van der Waals surface area contributed by atoms with Gasteiger partial charge in [0.05, 0.1) is 12.9 Å². The molecule has 5 nitrogen and oxygen atoms in total. The Morgan fingerprint density at radius 3 is 2.65 bits per heavy atom. The van der Waals surface area contributed by atoms with Crippen molar-refractivity contribution >= 4 is 11.9 Å². The van der Waals surface area contributed by atoms with Gasteiger partial charge in [0.15, 0.2) is 0 Å². The van der Waals surface area contributed by atoms with E-state index in [-0.39, 0.29) is 6.04 Å². The topological polar surface area (TPSA) is 67.4 Å². The molecule has 0 unspecified atom stereocenters. The molecule has 17 heavy (non-hydrogen) atoms. The maximum absolute atomic E-state index is 11.4. The molecule has 0 spiro atoms. The lowest BCUT2D eigenvalue weighted by atomic mass is 9.79. The molecule has 2 N–H and O–H groups in total. The number of carbonyl (C=O) groups excluding carboxylic acids is 2. The van der Waals surface area contributed by atoms with Crippen LogP contribution in [0.15, 0.2) is 12.3 Å². The van der Waals surface area contributed by atoms with Gasteiger partial charge < -0.3 is 10.1 Å². The Hall–Kier alpha value is -1.52. The number of urea groups is 1. The third kappa shape index (κ3) is 4.89. The van der Waals surface area contributed by atoms with Crippen LogP contribution in [-0.2, 0) is 9.53 Å². The average Bonchev–Trinajstić information content (AvgIpc) is 2.23. The zero-order valence-electron chi connectivity index (χ0n) is 10.4. The largest absolute Gasteiger partial charge is 0.501 e. The van der Waals surface area contributed by atoms with E-state index >= 15 is 0 Å². The fraction of sp³-hybridized carbons (Fsp3) is 0.667. The summed E-state index contributed by atoms with van der Waals surface area (Å²) in [6.07, 6.45) is 5.63. The first-order valence-electron chi connectivity index (χ1n) is 6.05. The molecule has 1 aliphatic carbocycles. The van der Waals surface area contributed by atoms with Crippen molar-refractivity contribution in [3.63, 3.8) is 0 Å². The highest BCUT2D eigenvalue weighted by atomic mass is 16.5. The molecule has 0 saturated heterocycles. The highest BCUT2D eigenvalue weighted by molar-refractivity contribution is 6.00. The predicted molar refractivity (Wildman–Crippen MR) is 64.2 cm³/mol. The molecule has 1 fully saturated rings. The van der Waals surface area contributed by atoms with Crippen LogP contribution in [0, 0.1) is 5.92 Å². The SMILES string of the molecule is CCO/C=C/C(=O)NC(=O)NC1CC(CC)C1. The quantitative estimate of drug-likeness (QED) is 0.566. The third-order valence-corrected chi connectivity index (χ3v) is 2.87. The molecule has 0 aliphatic heterocycles. The Labute approximate surface area is 102 Å². The molecule has 0 aromatic heterocycles. The summed E-state index contributed by atoms with van der Waals surface area (Å²) in [5, 5.41) is 4.97. The summed E-state index contributed by atoms with van der Waals surface area (Å²) < 4.78 is 4.85. The molecule has 1 aliphatic rings. The normalized spacial score (nSPS) is 22.9. The molecule has 3 amide bonds. The Morgan fingerprint density at radius 2 is 2.06 bits per heavy atom. The number of ether oxygens (including phenoxy) is 1. The molecule has 0 heterocycles. The van der Waals surface area contributed by atoms with Crippen molar-refractivity contribution in [1.82, 2.24) is 10.6 Å². The van der Waals surface area contributed by atoms with Gasteiger partial charge in [-0.3, -0.25) is 10.1 Å². The molecular weight excluding hydrogens is 220 g/mol. The van der Waals surface area contributed by atoms with E-state index in [0.29, 0.717) is 12.5 Å². The summed E-state index contributed by atoms with van der Waals surface area (Å²) in [5.74, 6) is 0.246. The molecule has 96 valence electrons. The highest BCUT2D eigenvalue weighted by Crippen LogP contribution is 2.29. The van der Waals surface area contributed by atoms with Gasteiger partial charge in [0.25, 0.3) is 5.91 Å². The Kier molecular flexibility index (Phi) is 5.52. The summed E-state index contributed by atoms with van der Waals surface area (Å²) in [6.45, 7) is 4.45. The van der Waals surface area contributed by atoms with Crippen molar-refractivity contribution in [1.29, 1.82) is 0 Å². The number of carbonyl (C=O) groups is 2. The van der Waals surface area contributed by atoms with E-state index in [1.165, 1.54) is 12.3 Å². The van der Waals surface area contributed by atoms with Crippen LogP contribution in [0.5, 0.6) is 0 Å². The van der Waals surface area contributed by atoms with E-state index in [0.717, 1.165) is 19.3 Å². The second kappa shape index (κ2) is 6.93. The van der Waals surface area contributed by atoms with Crippen LogP contribution in [0.25, 0.3) is 0 Å². The Bertz CT molecular complexity index is 296. The molecule has 0 atom stereocenters. The van der Waals surface area contributed by atoms with Crippen molar-refractivity contribution in [3.8, 4) is 0 Å². The highest BCUT2D eigenvalue weighted by Gasteiger charge is 2.28. The minimum absolute atomic E-state index is 0.212. The first-order chi connectivity index (χ1) is 8.15. The van der Waals surface area contributed by atoms with Gasteiger partial charge >= 0.3 is 6.03 Å². The van der Waals surface area contributed by atoms with Crippen LogP contribution in [0.1, 0.15) is 33.1 Å². The van der Waals surface area contributed by atoms with E-state index in [4.69, 9.17) is 4.74 Å². The van der Waals surface area contributed by atoms with Crippen molar-refractivity contribution in [2.75, 3.05) is 6.61 Å². The van der Waals surface area contributed by atoms with E-state index < -0.39 is 11.9 Å². The van der Waals surface area contributed by atoms with Gasteiger partial charge in [0, 0.05) is 12.1 Å². The zero-order valence-corrected chi connectivity index (χ0v) is 10.4. The lowest BCUT2D eigenvalue weighted by molar-refractivity contribution is -0.115. The molecule has 1 saturated carbocycles. The van der Waals surface area contributed by atoms with E-state index in [1.54, 1.807) is 0 Å². The van der Waals surface area contributed by atoms with Crippen molar-refractivity contribution < 1.29 is 14.3 Å². The molecular formula is C12H20N2O3. The van der Waals surface area contributed by atoms with Crippen LogP contribution in [0.4, 0.5) is 4.79 Å². The first-order valence-corrected chi connectivity index (χ1v) is 6.05. The minimum atomic E-state index is -0.470. The fourth-order valence-corrected chi connectivity index (χ4v) is 1.77. The number of amides is 3. The van der Waals surface area contributed by atoms with Crippen LogP contribution in [-0.4, -0.2) is 24.6 Å². The maximum atomic E-state index is 11.4. The van der Waals surface area contributed by atoms with E-state index in [2.05, 4.69) is 17.6 Å². The number of hydrogen-bond donors (Lipinski definition) is 2. The van der Waals surface area contributed by atoms with Gasteiger partial charge in [-0.2, -0.15) is 0 Å². The average molecular weight is 240 g/mol. The second-order valence-corrected chi connectivity index (χ2v) is 4.16. The van der Waals surface area contributed by atoms with Gasteiger partial charge in [0.2, 0.25) is 0 Å². The van der Waals surface area contributed by atoms with Gasteiger partial charge in [-0.05, 0) is 25.7 Å². The standard InChI is InChI=1S/C12H20N2O3/c1-3-9-7-10(8-9)13-12(16)14-11(15)5-6-17-4-2/h5-6,9-10H,3-4,7-8H2,1-2H3,(H2,13,14,15,16)/b6-5+. The summed E-state index contributed by atoms with van der Waals surface area (Å²) >= 11 is 0. The van der Waals surface area contributed by atoms with Crippen LogP contribution < -0.4 is 10.6 Å². The maximum Gasteiger partial charge on any atom is 0.321 e. The first kappa shape index (κ1) is 13.5. The van der Waals surface area contributed by atoms with Crippen molar-refractivity contribution in [2.24, 2.45) is 5.92 Å². The smallest absolute Gasteiger partial charge is 0.321 e. The minimum Gasteiger partial charge on any atom is -0.501 e. The summed E-state index contributed by atoms with van der Waals surface area (Å²) in [5.41, 5.74) is 0. The van der Waals surface area contributed by atoms with E-state index in [9.17, 15) is 9.59 Å². The molecule has 0 bridgehead atoms. The number of nitrogens with one attached hydrogen (secondary N) is 2. The number of rotatable bonds is 5. The number of hydrogen-bond acceptors (Lipinski definition) is 3. The van der Waals surface area contributed by atoms with Gasteiger partial charge in [-0.25, -0.2) is 4.79 Å². The predicted octanol–water partition coefficient (Wildman–Crippen LogP) is 1.55. The third-order valence-electron chi connectivity index (χ3n) is 2.87. The zero-order chi connectivity index (χ0) is 12.7. The lowest BCUT2D eigenvalue weighted by Crippen LogP contribution is -2.49. The molecule has 0 aromatic carbocycles. The van der Waals surface area contributed by atoms with Crippen LogP contribution >= 0.6 is 0 Å². The van der Waals surface area contributed by atoms with E-state index in [1.807, 2.05) is 6.92 Å². The molecule has 1 rings (SSSR count). The Balaban J connectivity index is 2.15. The van der Waals surface area contributed by atoms with Crippen molar-refractivity contribution in [2.45, 2.75) is 39.2 Å². The number of imide groups is 1. The second-order valence-electron chi connectivity index (χ2n) is 4.16. The van der Waals surface area contributed by atoms with Gasteiger partial charge in [0.1, 0.15) is 0 Å². The summed E-state index contributed by atoms with van der Waals surface area (Å²) in [7, 11) is 0. The monoisotopic (exact) mass is 240 g/mol. The molecule has 5 heteroatoms. The van der Waals surface area contributed by atoms with Crippen LogP contribution in [0.2, 0.25) is 0 Å². The molecule has 0 aromatic rings. The summed E-state index contributed by atoms with van der Waals surface area (Å²) in [6, 6.07) is -0.223.